The predicted molar refractivity (Wildman–Crippen MR) is 88.0 cm³/mol. The molecule has 0 atom stereocenters. The van der Waals surface area contributed by atoms with E-state index < -0.39 is 0 Å². The Morgan fingerprint density at radius 1 is 1.09 bits per heavy atom. The molecule has 2 nitrogen and oxygen atoms in total. The van der Waals surface area contributed by atoms with Crippen molar-refractivity contribution in [2.45, 2.75) is 6.54 Å². The molecule has 112 valence electrons. The van der Waals surface area contributed by atoms with E-state index in [0.29, 0.717) is 5.56 Å². The molecule has 0 aliphatic carbocycles. The maximum Gasteiger partial charge on any atom is 0.138 e. The topological polar surface area (TPSA) is 16.4 Å². The zero-order valence-corrected chi connectivity index (χ0v) is 12.5. The number of hydrogen-bond acceptors (Lipinski definition) is 2. The van der Waals surface area contributed by atoms with Crippen LogP contribution in [0.4, 0.5) is 4.39 Å². The molecule has 3 heteroatoms. The standard InChI is InChI=1S/C19H18FNO/c1-21(12-5-9-15-6-2-3-10-18(15)20)14-17-8-4-7-16-11-13-22-19(16)17/h2-11,13H,12,14H2,1H3/b9-5+. The van der Waals surface area contributed by atoms with Gasteiger partial charge in [0, 0.05) is 29.6 Å². The third-order valence-electron chi connectivity index (χ3n) is 3.62. The van der Waals surface area contributed by atoms with E-state index in [4.69, 9.17) is 4.42 Å². The lowest BCUT2D eigenvalue weighted by atomic mass is 10.1. The molecule has 2 aromatic carbocycles. The minimum atomic E-state index is -0.193. The zero-order valence-electron chi connectivity index (χ0n) is 12.5. The van der Waals surface area contributed by atoms with Crippen molar-refractivity contribution in [3.63, 3.8) is 0 Å². The summed E-state index contributed by atoms with van der Waals surface area (Å²) in [6.45, 7) is 1.53. The van der Waals surface area contributed by atoms with Crippen LogP contribution in [0, 0.1) is 5.82 Å². The molecule has 0 saturated heterocycles. The van der Waals surface area contributed by atoms with Crippen molar-refractivity contribution in [1.82, 2.24) is 4.90 Å². The molecule has 0 amide bonds. The van der Waals surface area contributed by atoms with Gasteiger partial charge in [-0.3, -0.25) is 4.90 Å². The van der Waals surface area contributed by atoms with Crippen LogP contribution in [-0.2, 0) is 6.54 Å². The maximum absolute atomic E-state index is 13.5. The van der Waals surface area contributed by atoms with Crippen molar-refractivity contribution in [3.8, 4) is 0 Å². The fourth-order valence-electron chi connectivity index (χ4n) is 2.50. The minimum absolute atomic E-state index is 0.193. The van der Waals surface area contributed by atoms with Gasteiger partial charge in [0.2, 0.25) is 0 Å². The van der Waals surface area contributed by atoms with Gasteiger partial charge in [0.05, 0.1) is 6.26 Å². The molecule has 22 heavy (non-hydrogen) atoms. The highest BCUT2D eigenvalue weighted by Gasteiger charge is 2.06. The van der Waals surface area contributed by atoms with E-state index in [9.17, 15) is 4.39 Å². The molecular weight excluding hydrogens is 277 g/mol. The monoisotopic (exact) mass is 295 g/mol. The molecule has 0 N–H and O–H groups in total. The van der Waals surface area contributed by atoms with Crippen LogP contribution in [0.25, 0.3) is 17.0 Å². The highest BCUT2D eigenvalue weighted by atomic mass is 19.1. The van der Waals surface area contributed by atoms with Gasteiger partial charge in [-0.25, -0.2) is 4.39 Å². The smallest absolute Gasteiger partial charge is 0.138 e. The first kappa shape index (κ1) is 14.5. The average molecular weight is 295 g/mol. The van der Waals surface area contributed by atoms with E-state index in [2.05, 4.69) is 11.0 Å². The number of rotatable bonds is 5. The second-order valence-electron chi connectivity index (χ2n) is 5.38. The fourth-order valence-corrected chi connectivity index (χ4v) is 2.50. The normalized spacial score (nSPS) is 11.8. The van der Waals surface area contributed by atoms with Gasteiger partial charge in [-0.15, -0.1) is 0 Å². The summed E-state index contributed by atoms with van der Waals surface area (Å²) in [4.78, 5) is 2.16. The number of fused-ring (bicyclic) bond motifs is 1. The summed E-state index contributed by atoms with van der Waals surface area (Å²) in [5.74, 6) is -0.193. The van der Waals surface area contributed by atoms with Gasteiger partial charge in [0.1, 0.15) is 11.4 Å². The van der Waals surface area contributed by atoms with Crippen LogP contribution in [0.1, 0.15) is 11.1 Å². The van der Waals surface area contributed by atoms with Gasteiger partial charge >= 0.3 is 0 Å². The highest BCUT2D eigenvalue weighted by molar-refractivity contribution is 5.80. The Kier molecular flexibility index (Phi) is 4.35. The molecule has 1 aromatic heterocycles. The number of nitrogens with zero attached hydrogens (tertiary/aromatic N) is 1. The molecule has 0 bridgehead atoms. The van der Waals surface area contributed by atoms with Crippen LogP contribution in [0.2, 0.25) is 0 Å². The van der Waals surface area contributed by atoms with Crippen LogP contribution in [0.3, 0.4) is 0 Å². The molecule has 0 aliphatic heterocycles. The Hall–Kier alpha value is -2.39. The van der Waals surface area contributed by atoms with Gasteiger partial charge in [-0.05, 0) is 19.2 Å². The van der Waals surface area contributed by atoms with E-state index in [0.717, 1.165) is 29.6 Å². The third-order valence-corrected chi connectivity index (χ3v) is 3.62. The third kappa shape index (κ3) is 3.26. The Labute approximate surface area is 129 Å². The molecule has 0 unspecified atom stereocenters. The molecule has 0 fully saturated rings. The lowest BCUT2D eigenvalue weighted by Crippen LogP contribution is -2.17. The van der Waals surface area contributed by atoms with Gasteiger partial charge in [-0.2, -0.15) is 0 Å². The van der Waals surface area contributed by atoms with Crippen molar-refractivity contribution in [1.29, 1.82) is 0 Å². The molecular formula is C19H18FNO. The first-order valence-electron chi connectivity index (χ1n) is 7.29. The zero-order chi connectivity index (χ0) is 15.4. The summed E-state index contributed by atoms with van der Waals surface area (Å²) in [6, 6.07) is 14.9. The predicted octanol–water partition coefficient (Wildman–Crippen LogP) is 4.72. The summed E-state index contributed by atoms with van der Waals surface area (Å²) in [7, 11) is 2.04. The Morgan fingerprint density at radius 3 is 2.82 bits per heavy atom. The molecule has 0 aliphatic rings. The fraction of sp³-hybridized carbons (Fsp3) is 0.158. The summed E-state index contributed by atoms with van der Waals surface area (Å²) in [5, 5.41) is 1.12. The van der Waals surface area contributed by atoms with Crippen LogP contribution in [0.15, 0.2) is 65.3 Å². The second-order valence-corrected chi connectivity index (χ2v) is 5.38. The van der Waals surface area contributed by atoms with Crippen molar-refractivity contribution in [3.05, 3.63) is 77.8 Å². The molecule has 0 radical (unpaired) electrons. The summed E-state index contributed by atoms with van der Waals surface area (Å²) in [6.07, 6.45) is 5.51. The maximum atomic E-state index is 13.5. The van der Waals surface area contributed by atoms with Crippen LogP contribution < -0.4 is 0 Å². The van der Waals surface area contributed by atoms with Crippen LogP contribution in [0.5, 0.6) is 0 Å². The van der Waals surface area contributed by atoms with E-state index in [-0.39, 0.29) is 5.82 Å². The van der Waals surface area contributed by atoms with Crippen molar-refractivity contribution >= 4 is 17.0 Å². The van der Waals surface area contributed by atoms with Gasteiger partial charge < -0.3 is 4.42 Å². The average Bonchev–Trinajstić information content (AvgIpc) is 2.99. The van der Waals surface area contributed by atoms with E-state index in [1.54, 1.807) is 18.4 Å². The van der Waals surface area contributed by atoms with Gasteiger partial charge in [-0.1, -0.05) is 48.6 Å². The Bertz CT molecular complexity index is 791. The summed E-state index contributed by atoms with van der Waals surface area (Å²) in [5.41, 5.74) is 2.71. The first-order chi connectivity index (χ1) is 10.7. The highest BCUT2D eigenvalue weighted by Crippen LogP contribution is 2.20. The number of benzene rings is 2. The van der Waals surface area contributed by atoms with E-state index in [1.807, 2.05) is 43.5 Å². The van der Waals surface area contributed by atoms with E-state index in [1.165, 1.54) is 6.07 Å². The molecule has 0 saturated carbocycles. The molecule has 3 rings (SSSR count). The minimum Gasteiger partial charge on any atom is -0.464 e. The summed E-state index contributed by atoms with van der Waals surface area (Å²) < 4.78 is 19.1. The molecule has 3 aromatic rings. The van der Waals surface area contributed by atoms with Crippen molar-refractivity contribution in [2.24, 2.45) is 0 Å². The second kappa shape index (κ2) is 6.58. The van der Waals surface area contributed by atoms with Gasteiger partial charge in [0.25, 0.3) is 0 Å². The van der Waals surface area contributed by atoms with E-state index >= 15 is 0 Å². The molecule has 1 heterocycles. The number of likely N-dealkylation sites (N-methyl/N-ethyl adjacent to an activating group) is 1. The van der Waals surface area contributed by atoms with Crippen LogP contribution in [-0.4, -0.2) is 18.5 Å². The number of hydrogen-bond donors (Lipinski definition) is 0. The quantitative estimate of drug-likeness (QED) is 0.677. The summed E-state index contributed by atoms with van der Waals surface area (Å²) >= 11 is 0. The lowest BCUT2D eigenvalue weighted by Gasteiger charge is -2.14. The largest absolute Gasteiger partial charge is 0.464 e. The van der Waals surface area contributed by atoms with Crippen molar-refractivity contribution < 1.29 is 8.81 Å². The van der Waals surface area contributed by atoms with Gasteiger partial charge in [0.15, 0.2) is 0 Å². The first-order valence-corrected chi connectivity index (χ1v) is 7.29. The van der Waals surface area contributed by atoms with Crippen LogP contribution >= 0.6 is 0 Å². The van der Waals surface area contributed by atoms with Crippen molar-refractivity contribution in [2.75, 3.05) is 13.6 Å². The Morgan fingerprint density at radius 2 is 1.95 bits per heavy atom. The SMILES string of the molecule is CN(C/C=C/c1ccccc1F)Cc1cccc2ccoc12. The number of furan rings is 1. The number of para-hydroxylation sites is 1. The Balaban J connectivity index is 1.64. The lowest BCUT2D eigenvalue weighted by molar-refractivity contribution is 0.363. The molecule has 0 spiro atoms. The number of halogens is 1.